The predicted octanol–water partition coefficient (Wildman–Crippen LogP) is 4.57. The van der Waals surface area contributed by atoms with Crippen LogP contribution in [0.15, 0.2) is 24.4 Å². The van der Waals surface area contributed by atoms with Gasteiger partial charge in [0.15, 0.2) is 0 Å². The first-order valence-corrected chi connectivity index (χ1v) is 6.69. The summed E-state index contributed by atoms with van der Waals surface area (Å²) in [4.78, 5) is 0. The van der Waals surface area contributed by atoms with Crippen molar-refractivity contribution in [3.63, 3.8) is 0 Å². The highest BCUT2D eigenvalue weighted by Gasteiger charge is 2.31. The summed E-state index contributed by atoms with van der Waals surface area (Å²) >= 11 is 5.76. The van der Waals surface area contributed by atoms with Crippen LogP contribution >= 0.6 is 11.6 Å². The van der Waals surface area contributed by atoms with Crippen molar-refractivity contribution in [3.8, 4) is 0 Å². The summed E-state index contributed by atoms with van der Waals surface area (Å²) in [6, 6.07) is 3.25. The zero-order valence-corrected chi connectivity index (χ0v) is 12.5. The lowest BCUT2D eigenvalue weighted by molar-refractivity contribution is -0.137. The van der Waals surface area contributed by atoms with E-state index in [1.54, 1.807) is 11.7 Å². The Kier molecular flexibility index (Phi) is 4.18. The summed E-state index contributed by atoms with van der Waals surface area (Å²) in [6.45, 7) is 3.71. The van der Waals surface area contributed by atoms with E-state index < -0.39 is 11.7 Å². The number of nitrogens with one attached hydrogen (secondary N) is 1. The van der Waals surface area contributed by atoms with Gasteiger partial charge in [0.05, 0.1) is 17.3 Å². The number of benzene rings is 1. The van der Waals surface area contributed by atoms with E-state index in [0.29, 0.717) is 5.69 Å². The fourth-order valence-corrected chi connectivity index (χ4v) is 2.44. The molecule has 0 fully saturated rings. The maximum atomic E-state index is 12.8. The van der Waals surface area contributed by atoms with Crippen molar-refractivity contribution in [2.24, 2.45) is 7.05 Å². The number of aromatic nitrogens is 2. The number of aryl methyl sites for hydroxylation is 2. The number of rotatable bonds is 3. The van der Waals surface area contributed by atoms with Gasteiger partial charge in [-0.3, -0.25) is 4.68 Å². The molecule has 2 aromatic rings. The molecule has 0 spiro atoms. The van der Waals surface area contributed by atoms with Crippen LogP contribution in [0.4, 0.5) is 18.9 Å². The number of halogens is 4. The van der Waals surface area contributed by atoms with E-state index in [2.05, 4.69) is 10.4 Å². The number of alkyl halides is 3. The van der Waals surface area contributed by atoms with Gasteiger partial charge in [0.2, 0.25) is 0 Å². The fraction of sp³-hybridized carbons (Fsp3) is 0.357. The molecular formula is C14H15ClF3N3. The van der Waals surface area contributed by atoms with Gasteiger partial charge in [-0.2, -0.15) is 18.3 Å². The van der Waals surface area contributed by atoms with Crippen molar-refractivity contribution in [2.75, 3.05) is 5.32 Å². The van der Waals surface area contributed by atoms with Gasteiger partial charge in [-0.15, -0.1) is 0 Å². The van der Waals surface area contributed by atoms with Crippen molar-refractivity contribution in [2.45, 2.75) is 26.1 Å². The highest BCUT2D eigenvalue weighted by molar-refractivity contribution is 6.30. The molecule has 0 aliphatic carbocycles. The topological polar surface area (TPSA) is 29.9 Å². The van der Waals surface area contributed by atoms with Crippen molar-refractivity contribution in [1.29, 1.82) is 0 Å². The molecule has 0 bridgehead atoms. The van der Waals surface area contributed by atoms with E-state index in [1.807, 2.05) is 20.0 Å². The van der Waals surface area contributed by atoms with Gasteiger partial charge < -0.3 is 5.32 Å². The van der Waals surface area contributed by atoms with Crippen LogP contribution in [0, 0.1) is 6.92 Å². The molecule has 0 aliphatic heterocycles. The third-order valence-corrected chi connectivity index (χ3v) is 3.34. The summed E-state index contributed by atoms with van der Waals surface area (Å²) < 4.78 is 40.0. The maximum absolute atomic E-state index is 12.8. The smallest absolute Gasteiger partial charge is 0.378 e. The lowest BCUT2D eigenvalue weighted by atomic mass is 10.1. The molecule has 1 N–H and O–H groups in total. The van der Waals surface area contributed by atoms with Crippen molar-refractivity contribution in [1.82, 2.24) is 9.78 Å². The van der Waals surface area contributed by atoms with Crippen LogP contribution in [-0.4, -0.2) is 9.78 Å². The molecule has 21 heavy (non-hydrogen) atoms. The molecule has 0 saturated heterocycles. The quantitative estimate of drug-likeness (QED) is 0.898. The Morgan fingerprint density at radius 3 is 2.48 bits per heavy atom. The van der Waals surface area contributed by atoms with Crippen LogP contribution in [0.25, 0.3) is 0 Å². The monoisotopic (exact) mass is 317 g/mol. The Bertz CT molecular complexity index is 649. The number of anilines is 1. The van der Waals surface area contributed by atoms with Gasteiger partial charge >= 0.3 is 6.18 Å². The molecular weight excluding hydrogens is 303 g/mol. The molecule has 1 aromatic carbocycles. The normalized spacial score (nSPS) is 13.3. The highest BCUT2D eigenvalue weighted by atomic mass is 35.5. The third kappa shape index (κ3) is 3.69. The molecule has 1 aromatic heterocycles. The Balaban J connectivity index is 2.27. The van der Waals surface area contributed by atoms with Crippen LogP contribution in [0.2, 0.25) is 5.02 Å². The van der Waals surface area contributed by atoms with Gasteiger partial charge in [-0.1, -0.05) is 11.6 Å². The maximum Gasteiger partial charge on any atom is 0.416 e. The first kappa shape index (κ1) is 15.7. The zero-order chi connectivity index (χ0) is 15.8. The number of hydrogen-bond donors (Lipinski definition) is 1. The lowest BCUT2D eigenvalue weighted by Gasteiger charge is -2.17. The van der Waals surface area contributed by atoms with Crippen LogP contribution in [-0.2, 0) is 13.2 Å². The molecule has 114 valence electrons. The Morgan fingerprint density at radius 1 is 1.29 bits per heavy atom. The van der Waals surface area contributed by atoms with Gasteiger partial charge in [-0.25, -0.2) is 0 Å². The second-order valence-electron chi connectivity index (χ2n) is 4.94. The number of hydrogen-bond acceptors (Lipinski definition) is 2. The van der Waals surface area contributed by atoms with Gasteiger partial charge in [0, 0.05) is 29.5 Å². The molecule has 1 unspecified atom stereocenters. The van der Waals surface area contributed by atoms with Crippen molar-refractivity contribution >= 4 is 17.3 Å². The molecule has 0 amide bonds. The van der Waals surface area contributed by atoms with E-state index in [0.717, 1.165) is 23.4 Å². The fourth-order valence-electron chi connectivity index (χ4n) is 2.21. The second-order valence-corrected chi connectivity index (χ2v) is 5.37. The van der Waals surface area contributed by atoms with Crippen molar-refractivity contribution in [3.05, 3.63) is 46.2 Å². The first-order chi connectivity index (χ1) is 9.66. The predicted molar refractivity (Wildman–Crippen MR) is 76.4 cm³/mol. The average Bonchev–Trinajstić information content (AvgIpc) is 2.66. The summed E-state index contributed by atoms with van der Waals surface area (Å²) in [5, 5.41) is 7.29. The van der Waals surface area contributed by atoms with Crippen LogP contribution < -0.4 is 5.32 Å². The van der Waals surface area contributed by atoms with Gasteiger partial charge in [-0.05, 0) is 32.0 Å². The Morgan fingerprint density at radius 2 is 1.95 bits per heavy atom. The molecule has 0 saturated carbocycles. The SMILES string of the molecule is Cc1nn(C)cc1C(C)Nc1cc(Cl)cc(C(F)(F)F)c1. The standard InChI is InChI=1S/C14H15ClF3N3/c1-8(13-7-21(3)20-9(13)2)19-12-5-10(14(16,17)18)4-11(15)6-12/h4-8,19H,1-3H3. The Labute approximate surface area is 125 Å². The van der Waals surface area contributed by atoms with E-state index >= 15 is 0 Å². The molecule has 0 radical (unpaired) electrons. The van der Waals surface area contributed by atoms with E-state index in [4.69, 9.17) is 11.6 Å². The molecule has 1 atom stereocenters. The van der Waals surface area contributed by atoms with Gasteiger partial charge in [0.25, 0.3) is 0 Å². The van der Waals surface area contributed by atoms with Crippen LogP contribution in [0.5, 0.6) is 0 Å². The summed E-state index contributed by atoms with van der Waals surface area (Å²) in [7, 11) is 1.80. The molecule has 0 aliphatic rings. The molecule has 2 rings (SSSR count). The van der Waals surface area contributed by atoms with E-state index in [-0.39, 0.29) is 11.1 Å². The third-order valence-electron chi connectivity index (χ3n) is 3.13. The minimum atomic E-state index is -4.42. The van der Waals surface area contributed by atoms with E-state index in [1.165, 1.54) is 6.07 Å². The van der Waals surface area contributed by atoms with Crippen LogP contribution in [0.3, 0.4) is 0 Å². The Hall–Kier alpha value is -1.69. The largest absolute Gasteiger partial charge is 0.416 e. The molecule has 7 heteroatoms. The molecule has 1 heterocycles. The summed E-state index contributed by atoms with van der Waals surface area (Å²) in [5.74, 6) is 0. The van der Waals surface area contributed by atoms with Crippen LogP contribution in [0.1, 0.15) is 29.8 Å². The minimum Gasteiger partial charge on any atom is -0.378 e. The first-order valence-electron chi connectivity index (χ1n) is 6.31. The highest BCUT2D eigenvalue weighted by Crippen LogP contribution is 2.34. The second kappa shape index (κ2) is 5.60. The zero-order valence-electron chi connectivity index (χ0n) is 11.8. The lowest BCUT2D eigenvalue weighted by Crippen LogP contribution is -2.10. The number of nitrogens with zero attached hydrogens (tertiary/aromatic N) is 2. The summed E-state index contributed by atoms with van der Waals surface area (Å²) in [6.07, 6.45) is -2.59. The average molecular weight is 318 g/mol. The van der Waals surface area contributed by atoms with E-state index in [9.17, 15) is 13.2 Å². The summed E-state index contributed by atoms with van der Waals surface area (Å²) in [5.41, 5.74) is 1.31. The minimum absolute atomic E-state index is 0.0439. The molecule has 3 nitrogen and oxygen atoms in total. The van der Waals surface area contributed by atoms with Crippen molar-refractivity contribution < 1.29 is 13.2 Å². The van der Waals surface area contributed by atoms with Gasteiger partial charge in [0.1, 0.15) is 0 Å².